The second kappa shape index (κ2) is 29.9. The van der Waals surface area contributed by atoms with E-state index in [9.17, 15) is 19.2 Å². The minimum Gasteiger partial charge on any atom is -0.381 e. The van der Waals surface area contributed by atoms with Crippen LogP contribution < -0.4 is 16.0 Å². The van der Waals surface area contributed by atoms with Crippen LogP contribution in [0.5, 0.6) is 0 Å². The van der Waals surface area contributed by atoms with Crippen LogP contribution in [0.3, 0.4) is 0 Å². The molecular formula is C40H83N3O5. The van der Waals surface area contributed by atoms with E-state index in [0.717, 1.165) is 71.0 Å². The minimum atomic E-state index is 0.0726. The van der Waals surface area contributed by atoms with Gasteiger partial charge in [0, 0.05) is 58.3 Å². The zero-order valence-corrected chi connectivity index (χ0v) is 34.9. The first-order chi connectivity index (χ1) is 21.8. The van der Waals surface area contributed by atoms with Gasteiger partial charge in [-0.15, -0.1) is 0 Å². The molecule has 0 fully saturated rings. The summed E-state index contributed by atoms with van der Waals surface area (Å²) in [4.78, 5) is 44.4. The molecule has 0 aromatic rings. The lowest BCUT2D eigenvalue weighted by atomic mass is 9.89. The van der Waals surface area contributed by atoms with Gasteiger partial charge in [-0.25, -0.2) is 0 Å². The number of carbonyl (C=O) groups is 4. The molecule has 0 heterocycles. The summed E-state index contributed by atoms with van der Waals surface area (Å²) in [6.07, 6.45) is 9.43. The SMILES string of the molecule is CCCC(=O)NCC(C)(C)C.CCCC(=O)NCCC(C)(C)C.CCCCC(=O)CCC(C)(C)C.CCOCCC(=O)NCC(C)(C)C. The number of hydrogen-bond acceptors (Lipinski definition) is 5. The van der Waals surface area contributed by atoms with Crippen LogP contribution in [-0.4, -0.2) is 56.4 Å². The third kappa shape index (κ3) is 56.4. The highest BCUT2D eigenvalue weighted by Crippen LogP contribution is 2.21. The average Bonchev–Trinajstić information content (AvgIpc) is 2.92. The molecule has 0 spiro atoms. The topological polar surface area (TPSA) is 114 Å². The largest absolute Gasteiger partial charge is 0.381 e. The maximum absolute atomic E-state index is 11.2. The number of carbonyl (C=O) groups excluding carboxylic acids is 4. The Kier molecular flexibility index (Phi) is 32.9. The zero-order chi connectivity index (χ0) is 38.5. The summed E-state index contributed by atoms with van der Waals surface area (Å²) in [6.45, 7) is 37.3. The Hall–Kier alpha value is -1.96. The quantitative estimate of drug-likeness (QED) is 0.132. The van der Waals surface area contributed by atoms with Crippen LogP contribution in [0, 0.1) is 21.7 Å². The lowest BCUT2D eigenvalue weighted by Crippen LogP contribution is -2.32. The second-order valence-corrected chi connectivity index (χ2v) is 17.5. The smallest absolute Gasteiger partial charge is 0.222 e. The van der Waals surface area contributed by atoms with E-state index in [2.05, 4.69) is 106 Å². The summed E-state index contributed by atoms with van der Waals surface area (Å²) in [5.41, 5.74) is 0.978. The first-order valence-electron chi connectivity index (χ1n) is 18.7. The Morgan fingerprint density at radius 2 is 0.896 bits per heavy atom. The van der Waals surface area contributed by atoms with Crippen molar-refractivity contribution in [1.82, 2.24) is 16.0 Å². The molecule has 0 aliphatic heterocycles. The van der Waals surface area contributed by atoms with Gasteiger partial charge in [0.05, 0.1) is 6.61 Å². The normalized spacial score (nSPS) is 11.4. The van der Waals surface area contributed by atoms with Crippen molar-refractivity contribution in [2.45, 2.75) is 181 Å². The summed E-state index contributed by atoms with van der Waals surface area (Å²) < 4.78 is 5.08. The van der Waals surface area contributed by atoms with Crippen LogP contribution in [0.25, 0.3) is 0 Å². The summed E-state index contributed by atoms with van der Waals surface area (Å²) in [7, 11) is 0. The third-order valence-corrected chi connectivity index (χ3v) is 6.42. The summed E-state index contributed by atoms with van der Waals surface area (Å²) in [5, 5.41) is 8.65. The van der Waals surface area contributed by atoms with Crippen molar-refractivity contribution < 1.29 is 23.9 Å². The molecule has 0 saturated carbocycles. The molecule has 0 aliphatic carbocycles. The fourth-order valence-corrected chi connectivity index (χ4v) is 3.35. The summed E-state index contributed by atoms with van der Waals surface area (Å²) in [6, 6.07) is 0. The molecule has 0 radical (unpaired) electrons. The Labute approximate surface area is 298 Å². The highest BCUT2D eigenvalue weighted by atomic mass is 16.5. The molecule has 288 valence electrons. The van der Waals surface area contributed by atoms with Crippen molar-refractivity contribution in [2.24, 2.45) is 21.7 Å². The van der Waals surface area contributed by atoms with Gasteiger partial charge >= 0.3 is 0 Å². The van der Waals surface area contributed by atoms with E-state index in [1.807, 2.05) is 20.8 Å². The minimum absolute atomic E-state index is 0.0726. The fourth-order valence-electron chi connectivity index (χ4n) is 3.35. The number of ketones is 1. The van der Waals surface area contributed by atoms with Gasteiger partial charge in [-0.1, -0.05) is 110 Å². The maximum Gasteiger partial charge on any atom is 0.222 e. The third-order valence-electron chi connectivity index (χ3n) is 6.42. The van der Waals surface area contributed by atoms with Gasteiger partial charge in [0.2, 0.25) is 17.7 Å². The number of hydrogen-bond donors (Lipinski definition) is 3. The van der Waals surface area contributed by atoms with Crippen molar-refractivity contribution in [2.75, 3.05) is 32.8 Å². The molecule has 0 rings (SSSR count). The number of ether oxygens (including phenoxy) is 1. The molecule has 48 heavy (non-hydrogen) atoms. The van der Waals surface area contributed by atoms with Gasteiger partial charge in [-0.05, 0) is 60.7 Å². The molecule has 8 heteroatoms. The first kappa shape index (κ1) is 52.8. The Balaban J connectivity index is -0.000000269. The van der Waals surface area contributed by atoms with Gasteiger partial charge in [0.1, 0.15) is 5.78 Å². The van der Waals surface area contributed by atoms with Crippen LogP contribution >= 0.6 is 0 Å². The number of nitrogens with one attached hydrogen (secondary N) is 3. The van der Waals surface area contributed by atoms with Crippen LogP contribution in [0.15, 0.2) is 0 Å². The van der Waals surface area contributed by atoms with Gasteiger partial charge in [0.15, 0.2) is 0 Å². The molecule has 0 saturated heterocycles. The van der Waals surface area contributed by atoms with Gasteiger partial charge < -0.3 is 20.7 Å². The predicted molar refractivity (Wildman–Crippen MR) is 206 cm³/mol. The van der Waals surface area contributed by atoms with Crippen molar-refractivity contribution in [1.29, 1.82) is 0 Å². The fraction of sp³-hybridized carbons (Fsp3) is 0.900. The van der Waals surface area contributed by atoms with E-state index in [4.69, 9.17) is 4.74 Å². The van der Waals surface area contributed by atoms with Crippen LogP contribution in [0.2, 0.25) is 0 Å². The molecule has 0 atom stereocenters. The van der Waals surface area contributed by atoms with E-state index in [0.29, 0.717) is 49.1 Å². The van der Waals surface area contributed by atoms with Crippen LogP contribution in [0.1, 0.15) is 181 Å². The second-order valence-electron chi connectivity index (χ2n) is 17.5. The van der Waals surface area contributed by atoms with Crippen LogP contribution in [0.4, 0.5) is 0 Å². The highest BCUT2D eigenvalue weighted by molar-refractivity contribution is 5.78. The molecule has 0 unspecified atom stereocenters. The number of unbranched alkanes of at least 4 members (excludes halogenated alkanes) is 1. The Morgan fingerprint density at radius 3 is 1.25 bits per heavy atom. The highest BCUT2D eigenvalue weighted by Gasteiger charge is 2.13. The monoisotopic (exact) mass is 686 g/mol. The molecule has 3 N–H and O–H groups in total. The van der Waals surface area contributed by atoms with Crippen molar-refractivity contribution >= 4 is 23.5 Å². The Bertz CT molecular complexity index is 813. The summed E-state index contributed by atoms with van der Waals surface area (Å²) >= 11 is 0. The predicted octanol–water partition coefficient (Wildman–Crippen LogP) is 9.44. The molecule has 0 aromatic carbocycles. The van der Waals surface area contributed by atoms with E-state index < -0.39 is 0 Å². The van der Waals surface area contributed by atoms with Crippen molar-refractivity contribution in [3.63, 3.8) is 0 Å². The zero-order valence-electron chi connectivity index (χ0n) is 34.9. The first-order valence-corrected chi connectivity index (χ1v) is 18.7. The van der Waals surface area contributed by atoms with Gasteiger partial charge in [-0.2, -0.15) is 0 Å². The lowest BCUT2D eigenvalue weighted by Gasteiger charge is -2.18. The molecule has 0 bridgehead atoms. The lowest BCUT2D eigenvalue weighted by molar-refractivity contribution is -0.123. The molecule has 0 aliphatic rings. The number of amides is 3. The maximum atomic E-state index is 11.2. The summed E-state index contributed by atoms with van der Waals surface area (Å²) in [5.74, 6) is 0.860. The molecule has 0 aromatic heterocycles. The van der Waals surface area contributed by atoms with E-state index >= 15 is 0 Å². The van der Waals surface area contributed by atoms with E-state index in [1.54, 1.807) is 0 Å². The number of rotatable bonds is 17. The standard InChI is InChI=1S/C11H22O.C10H21NO2.C10H21NO.C9H19NO/c1-5-6-7-10(12)8-9-11(2,3)4;1-5-13-7-6-9(12)11-8-10(2,3)4;1-5-6-9(12)11-8-7-10(2,3)4;1-5-6-8(11)10-7-9(2,3)4/h5-9H2,1-4H3;5-8H2,1-4H3,(H,11,12);5-8H2,1-4H3,(H,11,12);5-7H2,1-4H3,(H,10,11). The van der Waals surface area contributed by atoms with E-state index in [1.165, 1.54) is 0 Å². The molecular weight excluding hydrogens is 602 g/mol. The van der Waals surface area contributed by atoms with Crippen molar-refractivity contribution in [3.8, 4) is 0 Å². The Morgan fingerprint density at radius 1 is 0.479 bits per heavy atom. The average molecular weight is 686 g/mol. The van der Waals surface area contributed by atoms with Crippen molar-refractivity contribution in [3.05, 3.63) is 0 Å². The molecule has 3 amide bonds. The molecule has 8 nitrogen and oxygen atoms in total. The van der Waals surface area contributed by atoms with Gasteiger partial charge in [0.25, 0.3) is 0 Å². The van der Waals surface area contributed by atoms with E-state index in [-0.39, 0.29) is 28.6 Å². The van der Waals surface area contributed by atoms with Gasteiger partial charge in [-0.3, -0.25) is 19.2 Å². The van der Waals surface area contributed by atoms with Crippen LogP contribution in [-0.2, 0) is 23.9 Å². The number of Topliss-reactive ketones (excluding diaryl/α,β-unsaturated/α-hetero) is 1.